The molecule has 16 heavy (non-hydrogen) atoms. The van der Waals surface area contributed by atoms with Gasteiger partial charge in [0, 0.05) is 5.69 Å². The van der Waals surface area contributed by atoms with Crippen LogP contribution in [0.5, 0.6) is 0 Å². The first-order valence-electron chi connectivity index (χ1n) is 5.24. The van der Waals surface area contributed by atoms with Crippen LogP contribution in [-0.4, -0.2) is 4.98 Å². The van der Waals surface area contributed by atoms with Crippen molar-refractivity contribution < 1.29 is 13.2 Å². The Hall–Kier alpha value is -1.06. The minimum atomic E-state index is -4.36. The number of pyridine rings is 1. The molecule has 1 nitrogen and oxygen atoms in total. The van der Waals surface area contributed by atoms with E-state index >= 15 is 0 Å². The summed E-state index contributed by atoms with van der Waals surface area (Å²) in [6, 6.07) is 2.59. The molecule has 0 aliphatic rings. The number of alkyl halides is 3. The molecule has 0 unspecified atom stereocenters. The molecular formula is C12H16F3N. The van der Waals surface area contributed by atoms with Crippen LogP contribution < -0.4 is 0 Å². The molecule has 0 aromatic carbocycles. The molecule has 0 radical (unpaired) electrons. The van der Waals surface area contributed by atoms with Gasteiger partial charge in [0.2, 0.25) is 0 Å². The second-order valence-electron chi connectivity index (χ2n) is 4.79. The molecule has 0 saturated carbocycles. The summed E-state index contributed by atoms with van der Waals surface area (Å²) in [5.41, 5.74) is 0.422. The van der Waals surface area contributed by atoms with E-state index in [4.69, 9.17) is 0 Å². The van der Waals surface area contributed by atoms with Crippen LogP contribution in [0.4, 0.5) is 13.2 Å². The maximum atomic E-state index is 12.5. The van der Waals surface area contributed by atoms with E-state index < -0.39 is 11.9 Å². The number of hydrogen-bond acceptors (Lipinski definition) is 1. The van der Waals surface area contributed by atoms with Crippen molar-refractivity contribution in [3.8, 4) is 0 Å². The minimum Gasteiger partial charge on any atom is -0.248 e. The molecule has 0 aliphatic carbocycles. The molecule has 1 heterocycles. The quantitative estimate of drug-likeness (QED) is 0.712. The molecular weight excluding hydrogens is 215 g/mol. The van der Waals surface area contributed by atoms with Crippen LogP contribution in [0.25, 0.3) is 0 Å². The highest BCUT2D eigenvalue weighted by molar-refractivity contribution is 5.30. The van der Waals surface area contributed by atoms with Gasteiger partial charge in [-0.25, -0.2) is 4.98 Å². The van der Waals surface area contributed by atoms with E-state index in [2.05, 4.69) is 4.98 Å². The first-order chi connectivity index (χ1) is 7.16. The van der Waals surface area contributed by atoms with Gasteiger partial charge in [0.25, 0.3) is 0 Å². The molecule has 0 N–H and O–H groups in total. The highest BCUT2D eigenvalue weighted by Crippen LogP contribution is 2.31. The average Bonchev–Trinajstić information content (AvgIpc) is 2.14. The summed E-state index contributed by atoms with van der Waals surface area (Å²) in [6.45, 7) is 7.72. The first-order valence-corrected chi connectivity index (χ1v) is 5.24. The summed E-state index contributed by atoms with van der Waals surface area (Å²) in [5, 5.41) is 0. The van der Waals surface area contributed by atoms with Gasteiger partial charge in [0.1, 0.15) is 5.69 Å². The number of hydrogen-bond donors (Lipinski definition) is 0. The number of rotatable bonds is 1. The third-order valence-electron chi connectivity index (χ3n) is 2.41. The zero-order chi connectivity index (χ0) is 12.6. The third kappa shape index (κ3) is 2.74. The fraction of sp³-hybridized carbons (Fsp3) is 0.583. The van der Waals surface area contributed by atoms with Crippen LogP contribution in [0.15, 0.2) is 12.1 Å². The van der Waals surface area contributed by atoms with Crippen molar-refractivity contribution in [3.63, 3.8) is 0 Å². The predicted molar refractivity (Wildman–Crippen MR) is 57.3 cm³/mol. The Morgan fingerprint density at radius 3 is 2.06 bits per heavy atom. The molecule has 1 rings (SSSR count). The van der Waals surface area contributed by atoms with Crippen LogP contribution in [-0.2, 0) is 18.0 Å². The van der Waals surface area contributed by atoms with E-state index in [1.54, 1.807) is 0 Å². The van der Waals surface area contributed by atoms with Gasteiger partial charge in [-0.2, -0.15) is 13.2 Å². The standard InChI is InChI=1S/C12H16F3N/c1-5-9-8(11(2,3)4)6-7-10(16-9)12(13,14)15/h6-7H,5H2,1-4H3. The Kier molecular flexibility index (Phi) is 3.31. The van der Waals surface area contributed by atoms with Crippen molar-refractivity contribution in [2.75, 3.05) is 0 Å². The summed E-state index contributed by atoms with van der Waals surface area (Å²) in [4.78, 5) is 3.70. The largest absolute Gasteiger partial charge is 0.433 e. The SMILES string of the molecule is CCc1nc(C(F)(F)F)ccc1C(C)(C)C. The van der Waals surface area contributed by atoms with Gasteiger partial charge < -0.3 is 0 Å². The highest BCUT2D eigenvalue weighted by Gasteiger charge is 2.33. The molecule has 0 saturated heterocycles. The maximum absolute atomic E-state index is 12.5. The van der Waals surface area contributed by atoms with Crippen molar-refractivity contribution in [2.45, 2.75) is 45.7 Å². The number of aryl methyl sites for hydroxylation is 1. The molecule has 1 aromatic heterocycles. The van der Waals surface area contributed by atoms with Crippen LogP contribution in [0.2, 0.25) is 0 Å². The van der Waals surface area contributed by atoms with Gasteiger partial charge in [-0.05, 0) is 23.5 Å². The van der Waals surface area contributed by atoms with Crippen LogP contribution >= 0.6 is 0 Å². The lowest BCUT2D eigenvalue weighted by molar-refractivity contribution is -0.141. The van der Waals surface area contributed by atoms with E-state index in [0.29, 0.717) is 12.1 Å². The van der Waals surface area contributed by atoms with Gasteiger partial charge >= 0.3 is 6.18 Å². The molecule has 90 valence electrons. The number of nitrogens with zero attached hydrogens (tertiary/aromatic N) is 1. The Morgan fingerprint density at radius 1 is 1.12 bits per heavy atom. The molecule has 0 fully saturated rings. The summed E-state index contributed by atoms with van der Waals surface area (Å²) in [7, 11) is 0. The molecule has 0 atom stereocenters. The predicted octanol–water partition coefficient (Wildman–Crippen LogP) is 3.96. The van der Waals surface area contributed by atoms with Crippen LogP contribution in [0, 0.1) is 0 Å². The van der Waals surface area contributed by atoms with Crippen molar-refractivity contribution in [3.05, 3.63) is 29.1 Å². The smallest absolute Gasteiger partial charge is 0.248 e. The lowest BCUT2D eigenvalue weighted by Crippen LogP contribution is -2.18. The Labute approximate surface area is 93.7 Å². The zero-order valence-electron chi connectivity index (χ0n) is 9.94. The van der Waals surface area contributed by atoms with Gasteiger partial charge in [-0.1, -0.05) is 33.8 Å². The Bertz CT molecular complexity index is 375. The molecule has 4 heteroatoms. The lowest BCUT2D eigenvalue weighted by atomic mass is 9.85. The van der Waals surface area contributed by atoms with Gasteiger partial charge in [-0.3, -0.25) is 0 Å². The topological polar surface area (TPSA) is 12.9 Å². The van der Waals surface area contributed by atoms with E-state index in [0.717, 1.165) is 11.6 Å². The van der Waals surface area contributed by atoms with Gasteiger partial charge in [-0.15, -0.1) is 0 Å². The molecule has 0 amide bonds. The fourth-order valence-electron chi connectivity index (χ4n) is 1.61. The minimum absolute atomic E-state index is 0.178. The summed E-state index contributed by atoms with van der Waals surface area (Å²) in [6.07, 6.45) is -3.85. The van der Waals surface area contributed by atoms with Crippen molar-refractivity contribution in [2.24, 2.45) is 0 Å². The second-order valence-corrected chi connectivity index (χ2v) is 4.79. The molecule has 0 spiro atoms. The van der Waals surface area contributed by atoms with E-state index in [9.17, 15) is 13.2 Å². The summed E-state index contributed by atoms with van der Waals surface area (Å²) in [5.74, 6) is 0. The third-order valence-corrected chi connectivity index (χ3v) is 2.41. The number of aromatic nitrogens is 1. The van der Waals surface area contributed by atoms with Gasteiger partial charge in [0.15, 0.2) is 0 Å². The monoisotopic (exact) mass is 231 g/mol. The van der Waals surface area contributed by atoms with Crippen LogP contribution in [0.3, 0.4) is 0 Å². The zero-order valence-corrected chi connectivity index (χ0v) is 9.94. The normalized spacial score (nSPS) is 12.9. The van der Waals surface area contributed by atoms with E-state index in [-0.39, 0.29) is 5.41 Å². The Morgan fingerprint density at radius 2 is 1.69 bits per heavy atom. The lowest BCUT2D eigenvalue weighted by Gasteiger charge is -2.22. The molecule has 0 aliphatic heterocycles. The van der Waals surface area contributed by atoms with Crippen molar-refractivity contribution in [1.29, 1.82) is 0 Å². The summed E-state index contributed by atoms with van der Waals surface area (Å²) >= 11 is 0. The second kappa shape index (κ2) is 4.07. The number of halogens is 3. The van der Waals surface area contributed by atoms with Crippen molar-refractivity contribution >= 4 is 0 Å². The Balaban J connectivity index is 3.28. The summed E-state index contributed by atoms with van der Waals surface area (Å²) < 4.78 is 37.4. The van der Waals surface area contributed by atoms with Crippen molar-refractivity contribution in [1.82, 2.24) is 4.98 Å². The van der Waals surface area contributed by atoms with Crippen LogP contribution in [0.1, 0.15) is 44.6 Å². The fourth-order valence-corrected chi connectivity index (χ4v) is 1.61. The molecule has 1 aromatic rings. The average molecular weight is 231 g/mol. The van der Waals surface area contributed by atoms with Gasteiger partial charge in [0.05, 0.1) is 0 Å². The maximum Gasteiger partial charge on any atom is 0.433 e. The van der Waals surface area contributed by atoms with E-state index in [1.807, 2.05) is 27.7 Å². The highest BCUT2D eigenvalue weighted by atomic mass is 19.4. The molecule has 0 bridgehead atoms. The van der Waals surface area contributed by atoms with E-state index in [1.165, 1.54) is 6.07 Å². The first kappa shape index (κ1) is 13.0.